The topological polar surface area (TPSA) is 35.5 Å². The lowest BCUT2D eigenvalue weighted by atomic mass is 9.91. The summed E-state index contributed by atoms with van der Waals surface area (Å²) in [4.78, 5) is 11.9. The van der Waals surface area contributed by atoms with E-state index in [0.29, 0.717) is 19.1 Å². The zero-order valence-corrected chi connectivity index (χ0v) is 25.4. The van der Waals surface area contributed by atoms with Crippen molar-refractivity contribution in [2.75, 3.05) is 18.5 Å². The highest BCUT2D eigenvalue weighted by atomic mass is 79.9. The van der Waals surface area contributed by atoms with Gasteiger partial charge in [0.1, 0.15) is 0 Å². The van der Waals surface area contributed by atoms with Crippen LogP contribution < -0.4 is 0 Å². The average molecular weight is 562 g/mol. The maximum Gasteiger partial charge on any atom is 0.508 e. The van der Waals surface area contributed by atoms with E-state index in [-0.39, 0.29) is 0 Å². The summed E-state index contributed by atoms with van der Waals surface area (Å²) in [6.45, 7) is 5.57. The van der Waals surface area contributed by atoms with Crippen molar-refractivity contribution in [3.8, 4) is 0 Å². The van der Waals surface area contributed by atoms with Crippen molar-refractivity contribution < 1.29 is 14.3 Å². The molecule has 0 aromatic carbocycles. The summed E-state index contributed by atoms with van der Waals surface area (Å²) in [5.41, 5.74) is 0. The lowest BCUT2D eigenvalue weighted by Crippen LogP contribution is -2.12. The van der Waals surface area contributed by atoms with Crippen molar-refractivity contribution in [1.82, 2.24) is 0 Å². The van der Waals surface area contributed by atoms with E-state index in [2.05, 4.69) is 29.8 Å². The summed E-state index contributed by atoms with van der Waals surface area (Å²) in [6, 6.07) is 0. The Morgan fingerprint density at radius 1 is 0.514 bits per heavy atom. The molecule has 0 aliphatic carbocycles. The lowest BCUT2D eigenvalue weighted by Gasteiger charge is -2.17. The number of alkyl halides is 1. The van der Waals surface area contributed by atoms with Crippen LogP contribution in [0.15, 0.2) is 0 Å². The van der Waals surface area contributed by atoms with Gasteiger partial charge in [-0.1, -0.05) is 165 Å². The number of hydrogen-bond acceptors (Lipinski definition) is 3. The quantitative estimate of drug-likeness (QED) is 0.0541. The van der Waals surface area contributed by atoms with Crippen LogP contribution >= 0.6 is 15.9 Å². The van der Waals surface area contributed by atoms with Gasteiger partial charge in [0.25, 0.3) is 0 Å². The van der Waals surface area contributed by atoms with E-state index >= 15 is 0 Å². The van der Waals surface area contributed by atoms with Gasteiger partial charge < -0.3 is 9.47 Å². The monoisotopic (exact) mass is 560 g/mol. The number of unbranched alkanes of at least 4 members (excludes halogenated alkanes) is 18. The van der Waals surface area contributed by atoms with Crippen LogP contribution in [-0.2, 0) is 9.47 Å². The zero-order chi connectivity index (χ0) is 25.7. The van der Waals surface area contributed by atoms with Gasteiger partial charge in [-0.05, 0) is 25.2 Å². The fourth-order valence-corrected chi connectivity index (χ4v) is 5.20. The Kier molecular flexibility index (Phi) is 29.8. The molecule has 0 fully saturated rings. The molecular formula is C31H61BrO3. The highest BCUT2D eigenvalue weighted by molar-refractivity contribution is 9.09. The standard InChI is InChI=1S/C31H61BrO3/c1-3-5-7-9-11-13-16-20-24-30(25-21-17-14-12-10-8-6-4-2)26-29-35-31(33)34-28-23-19-15-18-22-27-32/h30H,3-29H2,1-2H3. The molecule has 0 aromatic rings. The normalized spacial score (nSPS) is 11.3. The second kappa shape index (κ2) is 30.0. The smallest absolute Gasteiger partial charge is 0.434 e. The van der Waals surface area contributed by atoms with Crippen LogP contribution in [0.2, 0.25) is 0 Å². The fourth-order valence-electron chi connectivity index (χ4n) is 4.80. The van der Waals surface area contributed by atoms with Crippen molar-refractivity contribution in [2.45, 2.75) is 168 Å². The number of ether oxygens (including phenoxy) is 2. The maximum atomic E-state index is 11.9. The Bertz CT molecular complexity index is 396. The summed E-state index contributed by atoms with van der Waals surface area (Å²) in [7, 11) is 0. The molecule has 0 rings (SSSR count). The van der Waals surface area contributed by atoms with Crippen LogP contribution in [0, 0.1) is 5.92 Å². The summed E-state index contributed by atoms with van der Waals surface area (Å²) in [5, 5.41) is 1.08. The van der Waals surface area contributed by atoms with E-state index in [1.807, 2.05) is 0 Å². The van der Waals surface area contributed by atoms with E-state index in [4.69, 9.17) is 9.47 Å². The molecule has 3 nitrogen and oxygen atoms in total. The van der Waals surface area contributed by atoms with Gasteiger partial charge in [-0.2, -0.15) is 0 Å². The predicted octanol–water partition coefficient (Wildman–Crippen LogP) is 11.6. The molecule has 0 saturated carbocycles. The minimum absolute atomic E-state index is 0.469. The molecule has 0 radical (unpaired) electrons. The Balaban J connectivity index is 3.98. The molecule has 0 aliphatic rings. The Labute approximate surface area is 228 Å². The number of hydrogen-bond donors (Lipinski definition) is 0. The first-order chi connectivity index (χ1) is 17.2. The second-order valence-corrected chi connectivity index (χ2v) is 11.4. The van der Waals surface area contributed by atoms with Crippen molar-refractivity contribution >= 4 is 22.1 Å². The fraction of sp³-hybridized carbons (Fsp3) is 0.968. The van der Waals surface area contributed by atoms with Gasteiger partial charge in [0.15, 0.2) is 0 Å². The molecule has 4 heteroatoms. The van der Waals surface area contributed by atoms with Crippen LogP contribution in [-0.4, -0.2) is 24.7 Å². The molecule has 0 unspecified atom stereocenters. The molecule has 0 N–H and O–H groups in total. The lowest BCUT2D eigenvalue weighted by molar-refractivity contribution is 0.0495. The minimum atomic E-state index is -0.469. The van der Waals surface area contributed by atoms with Crippen LogP contribution in [0.4, 0.5) is 4.79 Å². The number of carbonyl (C=O) groups excluding carboxylic acids is 1. The molecule has 35 heavy (non-hydrogen) atoms. The molecule has 0 aromatic heterocycles. The third kappa shape index (κ3) is 28.2. The molecule has 210 valence electrons. The third-order valence-corrected chi connectivity index (χ3v) is 7.74. The van der Waals surface area contributed by atoms with Gasteiger partial charge in [-0.15, -0.1) is 0 Å². The van der Waals surface area contributed by atoms with Crippen molar-refractivity contribution in [3.63, 3.8) is 0 Å². The van der Waals surface area contributed by atoms with Crippen LogP contribution in [0.1, 0.15) is 168 Å². The molecule has 0 saturated heterocycles. The first-order valence-corrected chi connectivity index (χ1v) is 16.7. The van der Waals surface area contributed by atoms with E-state index in [1.165, 1.54) is 135 Å². The van der Waals surface area contributed by atoms with Crippen LogP contribution in [0.25, 0.3) is 0 Å². The zero-order valence-electron chi connectivity index (χ0n) is 23.8. The summed E-state index contributed by atoms with van der Waals surface area (Å²) < 4.78 is 10.7. The first kappa shape index (κ1) is 34.8. The largest absolute Gasteiger partial charge is 0.508 e. The predicted molar refractivity (Wildman–Crippen MR) is 157 cm³/mol. The molecule has 0 bridgehead atoms. The molecular weight excluding hydrogens is 500 g/mol. The first-order valence-electron chi connectivity index (χ1n) is 15.6. The number of rotatable bonds is 28. The molecule has 0 heterocycles. The van der Waals surface area contributed by atoms with Crippen LogP contribution in [0.3, 0.4) is 0 Å². The molecule has 0 spiro atoms. The van der Waals surface area contributed by atoms with Crippen molar-refractivity contribution in [3.05, 3.63) is 0 Å². The van der Waals surface area contributed by atoms with Gasteiger partial charge in [0.2, 0.25) is 0 Å². The maximum absolute atomic E-state index is 11.9. The number of halogens is 1. The van der Waals surface area contributed by atoms with Crippen molar-refractivity contribution in [2.24, 2.45) is 5.92 Å². The van der Waals surface area contributed by atoms with Gasteiger partial charge in [-0.3, -0.25) is 0 Å². The number of carbonyl (C=O) groups is 1. The van der Waals surface area contributed by atoms with Crippen molar-refractivity contribution in [1.29, 1.82) is 0 Å². The van der Waals surface area contributed by atoms with E-state index in [9.17, 15) is 4.79 Å². The Morgan fingerprint density at radius 3 is 1.40 bits per heavy atom. The van der Waals surface area contributed by atoms with E-state index in [0.717, 1.165) is 24.6 Å². The Morgan fingerprint density at radius 2 is 0.914 bits per heavy atom. The van der Waals surface area contributed by atoms with Gasteiger partial charge >= 0.3 is 6.16 Å². The summed E-state index contributed by atoms with van der Waals surface area (Å²) in [6.07, 6.45) is 30.8. The highest BCUT2D eigenvalue weighted by Crippen LogP contribution is 2.22. The minimum Gasteiger partial charge on any atom is -0.434 e. The molecule has 0 atom stereocenters. The third-order valence-electron chi connectivity index (χ3n) is 7.18. The highest BCUT2D eigenvalue weighted by Gasteiger charge is 2.11. The SMILES string of the molecule is CCCCCCCCCCC(CCCCCCCCCC)CCOC(=O)OCCCCCCCBr. The molecule has 0 amide bonds. The Hall–Kier alpha value is -0.250. The van der Waals surface area contributed by atoms with E-state index < -0.39 is 6.16 Å². The van der Waals surface area contributed by atoms with Gasteiger partial charge in [0, 0.05) is 5.33 Å². The van der Waals surface area contributed by atoms with Gasteiger partial charge in [-0.25, -0.2) is 4.79 Å². The average Bonchev–Trinajstić information content (AvgIpc) is 2.86. The summed E-state index contributed by atoms with van der Waals surface area (Å²) >= 11 is 3.46. The second-order valence-electron chi connectivity index (χ2n) is 10.6. The van der Waals surface area contributed by atoms with E-state index in [1.54, 1.807) is 0 Å². The molecule has 0 aliphatic heterocycles. The van der Waals surface area contributed by atoms with Crippen LogP contribution in [0.5, 0.6) is 0 Å². The summed E-state index contributed by atoms with van der Waals surface area (Å²) in [5.74, 6) is 0.692. The van der Waals surface area contributed by atoms with Gasteiger partial charge in [0.05, 0.1) is 13.2 Å².